The number of carboxylic acids is 1. The first-order chi connectivity index (χ1) is 14.7. The summed E-state index contributed by atoms with van der Waals surface area (Å²) in [4.78, 5) is 25.8. The van der Waals surface area contributed by atoms with Gasteiger partial charge in [0.25, 0.3) is 0 Å². The Balaban J connectivity index is 3.16. The van der Waals surface area contributed by atoms with Crippen LogP contribution in [0.25, 0.3) is 0 Å². The number of isocyanates is 1. The maximum atomic E-state index is 11.7. The highest BCUT2D eigenvalue weighted by atomic mass is 16.5. The van der Waals surface area contributed by atoms with Gasteiger partial charge in [0.1, 0.15) is 0 Å². The van der Waals surface area contributed by atoms with E-state index in [-0.39, 0.29) is 24.0 Å². The molecule has 0 aliphatic rings. The molecule has 8 heteroatoms. The van der Waals surface area contributed by atoms with Crippen molar-refractivity contribution in [3.05, 3.63) is 23.8 Å². The van der Waals surface area contributed by atoms with E-state index in [2.05, 4.69) is 18.8 Å². The van der Waals surface area contributed by atoms with E-state index in [1.807, 2.05) is 26.8 Å². The van der Waals surface area contributed by atoms with Gasteiger partial charge in [0, 0.05) is 6.42 Å². The molecular formula is C24H37NO7. The second-order valence-electron chi connectivity index (χ2n) is 9.77. The van der Waals surface area contributed by atoms with Gasteiger partial charge in [0.15, 0.2) is 17.0 Å². The van der Waals surface area contributed by atoms with Crippen molar-refractivity contribution in [3.63, 3.8) is 0 Å². The predicted octanol–water partition coefficient (Wildman–Crippen LogP) is 3.72. The molecule has 0 amide bonds. The average molecular weight is 452 g/mol. The van der Waals surface area contributed by atoms with Crippen LogP contribution in [0.3, 0.4) is 0 Å². The Kier molecular flexibility index (Phi) is 9.89. The third kappa shape index (κ3) is 8.26. The van der Waals surface area contributed by atoms with Crippen LogP contribution in [0, 0.1) is 11.8 Å². The molecule has 0 bridgehead atoms. The lowest BCUT2D eigenvalue weighted by Gasteiger charge is -2.36. The zero-order valence-electron chi connectivity index (χ0n) is 20.1. The Morgan fingerprint density at radius 1 is 1.22 bits per heavy atom. The number of ether oxygens (including phenoxy) is 2. The smallest absolute Gasteiger partial charge is 0.332 e. The second kappa shape index (κ2) is 11.5. The van der Waals surface area contributed by atoms with Crippen molar-refractivity contribution in [1.82, 2.24) is 0 Å². The number of carbonyl (C=O) groups is 1. The molecule has 1 aromatic rings. The minimum atomic E-state index is -1.80. The molecule has 0 aliphatic heterocycles. The normalized spacial score (nSPS) is 16.5. The standard InChI is InChI=1S/C24H37NO7/c1-15(2)17(10-16-8-9-20(31-7)18(27)11-16)12-21(32-23(3,4)5)19(28)13-24(6,22(29)30)25-14-26/h8-9,11,15,17,19,21,27-28H,10,12-13H2,1-7H3,(H,29,30)/t17-,19-,21-,24+/m0/s1. The fourth-order valence-electron chi connectivity index (χ4n) is 3.61. The summed E-state index contributed by atoms with van der Waals surface area (Å²) >= 11 is 0. The third-order valence-corrected chi connectivity index (χ3v) is 5.51. The van der Waals surface area contributed by atoms with Gasteiger partial charge in [-0.15, -0.1) is 0 Å². The Labute approximate surface area is 190 Å². The molecule has 0 saturated heterocycles. The molecule has 1 aromatic carbocycles. The quantitative estimate of drug-likeness (QED) is 0.327. The van der Waals surface area contributed by atoms with Crippen molar-refractivity contribution in [2.45, 2.75) is 84.2 Å². The van der Waals surface area contributed by atoms with Gasteiger partial charge in [-0.25, -0.2) is 9.59 Å². The van der Waals surface area contributed by atoms with Crippen LogP contribution in [0.5, 0.6) is 11.5 Å². The summed E-state index contributed by atoms with van der Waals surface area (Å²) < 4.78 is 11.2. The van der Waals surface area contributed by atoms with Crippen LogP contribution in [-0.4, -0.2) is 57.8 Å². The highest BCUT2D eigenvalue weighted by Gasteiger charge is 2.40. The maximum absolute atomic E-state index is 11.7. The summed E-state index contributed by atoms with van der Waals surface area (Å²) in [7, 11) is 1.49. The Morgan fingerprint density at radius 2 is 1.84 bits per heavy atom. The number of aliphatic hydroxyl groups excluding tert-OH is 1. The van der Waals surface area contributed by atoms with Crippen molar-refractivity contribution < 1.29 is 34.4 Å². The molecule has 0 fully saturated rings. The van der Waals surface area contributed by atoms with Gasteiger partial charge in [-0.2, -0.15) is 4.99 Å². The molecule has 180 valence electrons. The van der Waals surface area contributed by atoms with Crippen molar-refractivity contribution in [3.8, 4) is 11.5 Å². The highest BCUT2D eigenvalue weighted by molar-refractivity contribution is 5.79. The molecule has 4 atom stereocenters. The fraction of sp³-hybridized carbons (Fsp3) is 0.667. The van der Waals surface area contributed by atoms with Crippen LogP contribution in [0.15, 0.2) is 23.2 Å². The van der Waals surface area contributed by atoms with Crippen LogP contribution in [-0.2, 0) is 20.7 Å². The molecule has 3 N–H and O–H groups in total. The van der Waals surface area contributed by atoms with Gasteiger partial charge in [0.2, 0.25) is 6.08 Å². The minimum Gasteiger partial charge on any atom is -0.504 e. The first kappa shape index (κ1) is 27.6. The lowest BCUT2D eigenvalue weighted by atomic mass is 9.82. The summed E-state index contributed by atoms with van der Waals surface area (Å²) in [5, 5.41) is 30.6. The zero-order chi connectivity index (χ0) is 24.7. The van der Waals surface area contributed by atoms with Gasteiger partial charge in [-0.05, 0) is 70.1 Å². The van der Waals surface area contributed by atoms with Crippen molar-refractivity contribution in [2.75, 3.05) is 7.11 Å². The first-order valence-corrected chi connectivity index (χ1v) is 10.8. The SMILES string of the molecule is COc1ccc(C[C@@H](C[C@H](OC(C)(C)C)[C@@H](O)C[C@@](C)(N=C=O)C(=O)O)C(C)C)cc1O. The number of hydrogen-bond donors (Lipinski definition) is 3. The first-order valence-electron chi connectivity index (χ1n) is 10.8. The van der Waals surface area contributed by atoms with Gasteiger partial charge in [-0.1, -0.05) is 19.9 Å². The Bertz CT molecular complexity index is 807. The lowest BCUT2D eigenvalue weighted by molar-refractivity contribution is -0.148. The van der Waals surface area contributed by atoms with Gasteiger partial charge in [-0.3, -0.25) is 0 Å². The molecule has 0 aliphatic carbocycles. The number of aliphatic hydroxyl groups is 1. The van der Waals surface area contributed by atoms with Crippen LogP contribution in [0.4, 0.5) is 0 Å². The van der Waals surface area contributed by atoms with Gasteiger partial charge >= 0.3 is 5.97 Å². The van der Waals surface area contributed by atoms with Crippen LogP contribution in [0.2, 0.25) is 0 Å². The minimum absolute atomic E-state index is 0.0546. The van der Waals surface area contributed by atoms with E-state index in [0.717, 1.165) is 5.56 Å². The number of benzene rings is 1. The van der Waals surface area contributed by atoms with E-state index < -0.39 is 29.3 Å². The van der Waals surface area contributed by atoms with E-state index >= 15 is 0 Å². The van der Waals surface area contributed by atoms with E-state index in [9.17, 15) is 24.9 Å². The second-order valence-corrected chi connectivity index (χ2v) is 9.77. The van der Waals surface area contributed by atoms with Crippen molar-refractivity contribution in [1.29, 1.82) is 0 Å². The summed E-state index contributed by atoms with van der Waals surface area (Å²) in [6.45, 7) is 11.0. The molecule has 0 spiro atoms. The van der Waals surface area contributed by atoms with Crippen LogP contribution >= 0.6 is 0 Å². The van der Waals surface area contributed by atoms with E-state index in [4.69, 9.17) is 9.47 Å². The summed E-state index contributed by atoms with van der Waals surface area (Å²) in [5.41, 5.74) is -1.47. The van der Waals surface area contributed by atoms with E-state index in [1.54, 1.807) is 12.1 Å². The van der Waals surface area contributed by atoms with Gasteiger partial charge < -0.3 is 24.8 Å². The number of aromatic hydroxyl groups is 1. The van der Waals surface area contributed by atoms with Gasteiger partial charge in [0.05, 0.1) is 24.9 Å². The maximum Gasteiger partial charge on any atom is 0.332 e. The molecule has 32 heavy (non-hydrogen) atoms. The number of hydrogen-bond acceptors (Lipinski definition) is 7. The number of nitrogens with zero attached hydrogens (tertiary/aromatic N) is 1. The summed E-state index contributed by atoms with van der Waals surface area (Å²) in [6, 6.07) is 5.24. The lowest BCUT2D eigenvalue weighted by Crippen LogP contribution is -2.44. The zero-order valence-corrected chi connectivity index (χ0v) is 20.1. The molecule has 0 heterocycles. The predicted molar refractivity (Wildman–Crippen MR) is 121 cm³/mol. The topological polar surface area (TPSA) is 126 Å². The molecule has 0 unspecified atom stereocenters. The number of rotatable bonds is 12. The van der Waals surface area contributed by atoms with Crippen molar-refractivity contribution >= 4 is 12.0 Å². The molecule has 0 saturated carbocycles. The largest absolute Gasteiger partial charge is 0.504 e. The number of aliphatic carboxylic acids is 1. The number of carbonyl (C=O) groups excluding carboxylic acids is 1. The molecule has 0 aromatic heterocycles. The van der Waals surface area contributed by atoms with E-state index in [1.165, 1.54) is 20.1 Å². The Hall–Kier alpha value is -2.41. The average Bonchev–Trinajstić information content (AvgIpc) is 2.65. The highest BCUT2D eigenvalue weighted by Crippen LogP contribution is 2.32. The van der Waals surface area contributed by atoms with Crippen LogP contribution in [0.1, 0.15) is 59.9 Å². The monoisotopic (exact) mass is 451 g/mol. The third-order valence-electron chi connectivity index (χ3n) is 5.51. The molecule has 1 rings (SSSR count). The fourth-order valence-corrected chi connectivity index (χ4v) is 3.61. The number of phenolic OH excluding ortho intramolecular Hbond substituents is 1. The number of carboxylic acid groups (broad SMARTS) is 1. The molecule has 0 radical (unpaired) electrons. The van der Waals surface area contributed by atoms with Crippen LogP contribution < -0.4 is 4.74 Å². The number of methoxy groups -OCH3 is 1. The Morgan fingerprint density at radius 3 is 2.28 bits per heavy atom. The summed E-state index contributed by atoms with van der Waals surface area (Å²) in [5.74, 6) is -0.586. The number of phenols is 1. The molecule has 8 nitrogen and oxygen atoms in total. The molecular weight excluding hydrogens is 414 g/mol. The van der Waals surface area contributed by atoms with E-state index in [0.29, 0.717) is 18.6 Å². The number of aliphatic imine (C=N–C) groups is 1. The summed E-state index contributed by atoms with van der Waals surface area (Å²) in [6.07, 6.45) is 0.225. The van der Waals surface area contributed by atoms with Crippen molar-refractivity contribution in [2.24, 2.45) is 16.8 Å².